The molecular formula is C14H11BrN2O3S. The molecule has 0 fully saturated rings. The first-order valence-corrected chi connectivity index (χ1v) is 7.85. The molecule has 0 saturated heterocycles. The van der Waals surface area contributed by atoms with Gasteiger partial charge in [0.15, 0.2) is 11.5 Å². The number of hydrogen-bond donors (Lipinski definition) is 1. The summed E-state index contributed by atoms with van der Waals surface area (Å²) in [5, 5.41) is 5.86. The molecule has 1 aromatic heterocycles. The summed E-state index contributed by atoms with van der Waals surface area (Å²) >= 11 is 4.88. The average Bonchev–Trinajstić information content (AvgIpc) is 2.92. The normalized spacial score (nSPS) is 16.9. The number of para-hydroxylation sites is 2. The smallest absolute Gasteiger partial charge is 0.284 e. The second-order valence-corrected chi connectivity index (χ2v) is 6.12. The van der Waals surface area contributed by atoms with Crippen LogP contribution in [-0.4, -0.2) is 24.8 Å². The lowest BCUT2D eigenvalue weighted by molar-refractivity contribution is -0.130. The Morgan fingerprint density at radius 1 is 1.43 bits per heavy atom. The van der Waals surface area contributed by atoms with Crippen molar-refractivity contribution in [1.82, 2.24) is 5.43 Å². The zero-order chi connectivity index (χ0) is 14.7. The molecule has 0 radical (unpaired) electrons. The van der Waals surface area contributed by atoms with E-state index in [0.29, 0.717) is 11.5 Å². The summed E-state index contributed by atoms with van der Waals surface area (Å²) < 4.78 is 12.1. The Morgan fingerprint density at radius 3 is 3.00 bits per heavy atom. The molecule has 108 valence electrons. The lowest BCUT2D eigenvalue weighted by Crippen LogP contribution is -2.42. The molecule has 0 bridgehead atoms. The first kappa shape index (κ1) is 14.1. The molecule has 0 aliphatic carbocycles. The zero-order valence-corrected chi connectivity index (χ0v) is 13.2. The Morgan fingerprint density at radius 2 is 2.24 bits per heavy atom. The molecule has 2 heterocycles. The first-order valence-electron chi connectivity index (χ1n) is 6.18. The minimum atomic E-state index is -0.702. The van der Waals surface area contributed by atoms with Crippen LogP contribution in [-0.2, 0) is 4.79 Å². The van der Waals surface area contributed by atoms with E-state index in [9.17, 15) is 4.79 Å². The van der Waals surface area contributed by atoms with E-state index in [1.165, 1.54) is 11.3 Å². The molecule has 1 atom stereocenters. The van der Waals surface area contributed by atoms with Crippen LogP contribution in [0.3, 0.4) is 0 Å². The highest BCUT2D eigenvalue weighted by Gasteiger charge is 2.26. The van der Waals surface area contributed by atoms with Gasteiger partial charge in [0.25, 0.3) is 5.91 Å². The van der Waals surface area contributed by atoms with Gasteiger partial charge in [0, 0.05) is 14.7 Å². The molecule has 1 aliphatic heterocycles. The monoisotopic (exact) mass is 366 g/mol. The number of hydrogen-bond acceptors (Lipinski definition) is 5. The van der Waals surface area contributed by atoms with E-state index in [0.717, 1.165) is 9.35 Å². The van der Waals surface area contributed by atoms with Gasteiger partial charge in [0.2, 0.25) is 6.10 Å². The van der Waals surface area contributed by atoms with E-state index < -0.39 is 6.10 Å². The highest BCUT2D eigenvalue weighted by molar-refractivity contribution is 9.10. The van der Waals surface area contributed by atoms with Crippen LogP contribution in [0, 0.1) is 0 Å². The number of ether oxygens (including phenoxy) is 2. The summed E-state index contributed by atoms with van der Waals surface area (Å²) in [5.41, 5.74) is 2.46. The average molecular weight is 367 g/mol. The van der Waals surface area contributed by atoms with E-state index in [-0.39, 0.29) is 12.5 Å². The molecule has 0 unspecified atom stereocenters. The fraction of sp³-hybridized carbons (Fsp3) is 0.143. The summed E-state index contributed by atoms with van der Waals surface area (Å²) in [4.78, 5) is 12.9. The van der Waals surface area contributed by atoms with Crippen molar-refractivity contribution in [3.05, 3.63) is 45.1 Å². The maximum Gasteiger partial charge on any atom is 0.284 e. The molecule has 1 aromatic carbocycles. The van der Waals surface area contributed by atoms with Crippen LogP contribution in [0.15, 0.2) is 45.3 Å². The van der Waals surface area contributed by atoms with Crippen molar-refractivity contribution in [3.63, 3.8) is 0 Å². The Hall–Kier alpha value is -1.86. The van der Waals surface area contributed by atoms with Crippen LogP contribution >= 0.6 is 27.3 Å². The SMILES string of the molecule is O=C(N/N=C\c1cc(Br)cs1)[C@@H]1COc2ccccc2O1. The van der Waals surface area contributed by atoms with Crippen LogP contribution in [0.1, 0.15) is 4.88 Å². The number of carbonyl (C=O) groups excluding carboxylic acids is 1. The number of carbonyl (C=O) groups is 1. The van der Waals surface area contributed by atoms with Crippen molar-refractivity contribution >= 4 is 39.4 Å². The van der Waals surface area contributed by atoms with Gasteiger partial charge in [-0.3, -0.25) is 4.79 Å². The molecule has 5 nitrogen and oxygen atoms in total. The number of amides is 1. The second-order valence-electron chi connectivity index (χ2n) is 4.27. The summed E-state index contributed by atoms with van der Waals surface area (Å²) in [7, 11) is 0. The molecule has 1 amide bonds. The standard InChI is InChI=1S/C14H11BrN2O3S/c15-9-5-10(21-8-9)6-16-17-14(18)13-7-19-11-3-1-2-4-12(11)20-13/h1-6,8,13H,7H2,(H,17,18)/b16-6-/t13-/m0/s1. The number of fused-ring (bicyclic) bond motifs is 1. The fourth-order valence-corrected chi connectivity index (χ4v) is 3.08. The largest absolute Gasteiger partial charge is 0.485 e. The Kier molecular flexibility index (Phi) is 4.21. The van der Waals surface area contributed by atoms with Gasteiger partial charge < -0.3 is 9.47 Å². The van der Waals surface area contributed by atoms with Crippen LogP contribution in [0.25, 0.3) is 0 Å². The summed E-state index contributed by atoms with van der Waals surface area (Å²) in [6.07, 6.45) is 0.887. The summed E-state index contributed by atoms with van der Waals surface area (Å²) in [5.74, 6) is 0.875. The fourth-order valence-electron chi connectivity index (χ4n) is 1.78. The highest BCUT2D eigenvalue weighted by atomic mass is 79.9. The highest BCUT2D eigenvalue weighted by Crippen LogP contribution is 2.30. The predicted octanol–water partition coefficient (Wildman–Crippen LogP) is 2.80. The topological polar surface area (TPSA) is 59.9 Å². The second kappa shape index (κ2) is 6.28. The zero-order valence-electron chi connectivity index (χ0n) is 10.8. The van der Waals surface area contributed by atoms with Gasteiger partial charge in [-0.05, 0) is 34.1 Å². The van der Waals surface area contributed by atoms with Crippen LogP contribution < -0.4 is 14.9 Å². The van der Waals surface area contributed by atoms with Gasteiger partial charge in [-0.1, -0.05) is 12.1 Å². The van der Waals surface area contributed by atoms with Crippen molar-refractivity contribution in [3.8, 4) is 11.5 Å². The lowest BCUT2D eigenvalue weighted by Gasteiger charge is -2.24. The number of hydrazone groups is 1. The van der Waals surface area contributed by atoms with E-state index >= 15 is 0 Å². The number of thiophene rings is 1. The number of nitrogens with zero attached hydrogens (tertiary/aromatic N) is 1. The molecule has 0 saturated carbocycles. The van der Waals surface area contributed by atoms with Crippen molar-refractivity contribution in [2.24, 2.45) is 5.10 Å². The Balaban J connectivity index is 1.58. The van der Waals surface area contributed by atoms with Gasteiger partial charge in [-0.15, -0.1) is 11.3 Å². The van der Waals surface area contributed by atoms with E-state index in [4.69, 9.17) is 9.47 Å². The molecule has 21 heavy (non-hydrogen) atoms. The van der Waals surface area contributed by atoms with Crippen molar-refractivity contribution in [1.29, 1.82) is 0 Å². The molecule has 1 N–H and O–H groups in total. The quantitative estimate of drug-likeness (QED) is 0.671. The molecule has 7 heteroatoms. The van der Waals surface area contributed by atoms with Gasteiger partial charge in [-0.25, -0.2) is 5.43 Å². The molecule has 1 aliphatic rings. The maximum atomic E-state index is 12.0. The Labute approximate surface area is 133 Å². The molecule has 0 spiro atoms. The minimum absolute atomic E-state index is 0.170. The molecule has 2 aromatic rings. The third kappa shape index (κ3) is 3.43. The number of halogens is 1. The first-order chi connectivity index (χ1) is 10.2. The van der Waals surface area contributed by atoms with Crippen molar-refractivity contribution in [2.75, 3.05) is 6.61 Å². The number of rotatable bonds is 3. The van der Waals surface area contributed by atoms with Crippen LogP contribution in [0.2, 0.25) is 0 Å². The van der Waals surface area contributed by atoms with Gasteiger partial charge in [-0.2, -0.15) is 5.10 Å². The van der Waals surface area contributed by atoms with Crippen molar-refractivity contribution < 1.29 is 14.3 Å². The van der Waals surface area contributed by atoms with Gasteiger partial charge >= 0.3 is 0 Å². The van der Waals surface area contributed by atoms with Gasteiger partial charge in [0.05, 0.1) is 6.21 Å². The predicted molar refractivity (Wildman–Crippen MR) is 84.1 cm³/mol. The maximum absolute atomic E-state index is 12.0. The lowest BCUT2D eigenvalue weighted by atomic mass is 10.2. The summed E-state index contributed by atoms with van der Waals surface area (Å²) in [6, 6.07) is 9.16. The van der Waals surface area contributed by atoms with E-state index in [1.807, 2.05) is 23.6 Å². The van der Waals surface area contributed by atoms with Crippen LogP contribution in [0.4, 0.5) is 0 Å². The number of nitrogens with one attached hydrogen (secondary N) is 1. The van der Waals surface area contributed by atoms with Gasteiger partial charge in [0.1, 0.15) is 6.61 Å². The third-order valence-corrected chi connectivity index (χ3v) is 4.38. The van der Waals surface area contributed by atoms with E-state index in [1.54, 1.807) is 18.3 Å². The summed E-state index contributed by atoms with van der Waals surface area (Å²) in [6.45, 7) is 0.170. The van der Waals surface area contributed by atoms with Crippen LogP contribution in [0.5, 0.6) is 11.5 Å². The third-order valence-electron chi connectivity index (χ3n) is 2.76. The number of benzene rings is 1. The Bertz CT molecular complexity index is 686. The van der Waals surface area contributed by atoms with E-state index in [2.05, 4.69) is 26.5 Å². The molecular weight excluding hydrogens is 356 g/mol. The molecule has 3 rings (SSSR count). The minimum Gasteiger partial charge on any atom is -0.485 e. The van der Waals surface area contributed by atoms with Crippen molar-refractivity contribution in [2.45, 2.75) is 6.10 Å².